The third kappa shape index (κ3) is 2.89. The Morgan fingerprint density at radius 3 is 2.00 bits per heavy atom. The summed E-state index contributed by atoms with van der Waals surface area (Å²) in [6.45, 7) is 0. The first-order valence-electron chi connectivity index (χ1n) is 7.01. The summed E-state index contributed by atoms with van der Waals surface area (Å²) in [5, 5.41) is 18.8. The fourth-order valence-corrected chi connectivity index (χ4v) is 2.67. The lowest BCUT2D eigenvalue weighted by Gasteiger charge is -2.04. The lowest BCUT2D eigenvalue weighted by atomic mass is 10.0. The van der Waals surface area contributed by atoms with Gasteiger partial charge in [-0.15, -0.1) is 0 Å². The molecule has 23 heavy (non-hydrogen) atoms. The second-order valence-electron chi connectivity index (χ2n) is 5.19. The van der Waals surface area contributed by atoms with E-state index in [1.54, 1.807) is 12.4 Å². The van der Waals surface area contributed by atoms with Gasteiger partial charge in [0.1, 0.15) is 5.69 Å². The zero-order valence-corrected chi connectivity index (χ0v) is 12.1. The van der Waals surface area contributed by atoms with Gasteiger partial charge >= 0.3 is 11.9 Å². The molecule has 0 aliphatic carbocycles. The van der Waals surface area contributed by atoms with E-state index in [1.165, 1.54) is 0 Å². The highest BCUT2D eigenvalue weighted by molar-refractivity contribution is 6.02. The summed E-state index contributed by atoms with van der Waals surface area (Å²) in [6, 6.07) is 7.34. The molecule has 7 nitrogen and oxygen atoms in total. The van der Waals surface area contributed by atoms with Crippen molar-refractivity contribution in [3.05, 3.63) is 70.6 Å². The smallest absolute Gasteiger partial charge is 0.353 e. The van der Waals surface area contributed by atoms with Crippen molar-refractivity contribution >= 4 is 11.9 Å². The van der Waals surface area contributed by atoms with Gasteiger partial charge < -0.3 is 25.2 Å². The zero-order valence-electron chi connectivity index (χ0n) is 12.1. The van der Waals surface area contributed by atoms with Crippen molar-refractivity contribution in [3.8, 4) is 0 Å². The standard InChI is InChI=1S/C16H15N3O4/c20-15(21)13-11(7-9-3-1-5-17-9)12(19-14(13)16(22)23)8-10-4-2-6-18-10/h1-6,17-19H,7-8H2,(H,20,21)(H,22,23). The Bertz CT molecular complexity index is 829. The number of H-pyrrole nitrogens is 3. The molecule has 3 rings (SSSR count). The maximum atomic E-state index is 11.6. The Kier molecular flexibility index (Phi) is 3.76. The Morgan fingerprint density at radius 1 is 0.913 bits per heavy atom. The molecular formula is C16H15N3O4. The van der Waals surface area contributed by atoms with E-state index < -0.39 is 11.9 Å². The van der Waals surface area contributed by atoms with Gasteiger partial charge in [-0.2, -0.15) is 0 Å². The minimum atomic E-state index is -1.28. The molecule has 118 valence electrons. The van der Waals surface area contributed by atoms with E-state index in [4.69, 9.17) is 0 Å². The number of hydrogen-bond donors (Lipinski definition) is 5. The Morgan fingerprint density at radius 2 is 1.52 bits per heavy atom. The van der Waals surface area contributed by atoms with Crippen LogP contribution in [0.2, 0.25) is 0 Å². The lowest BCUT2D eigenvalue weighted by molar-refractivity contribution is 0.0648. The van der Waals surface area contributed by atoms with Crippen LogP contribution in [-0.2, 0) is 12.8 Å². The molecule has 3 aromatic heterocycles. The van der Waals surface area contributed by atoms with Gasteiger partial charge in [0, 0.05) is 42.3 Å². The van der Waals surface area contributed by atoms with Crippen LogP contribution in [0.15, 0.2) is 36.7 Å². The number of rotatable bonds is 6. The molecule has 0 unspecified atom stereocenters. The van der Waals surface area contributed by atoms with E-state index in [9.17, 15) is 19.8 Å². The first-order valence-corrected chi connectivity index (χ1v) is 7.01. The van der Waals surface area contributed by atoms with Crippen LogP contribution in [0.1, 0.15) is 43.5 Å². The van der Waals surface area contributed by atoms with Crippen molar-refractivity contribution in [2.75, 3.05) is 0 Å². The van der Waals surface area contributed by atoms with Crippen LogP contribution in [0.25, 0.3) is 0 Å². The average molecular weight is 313 g/mol. The van der Waals surface area contributed by atoms with Crippen LogP contribution >= 0.6 is 0 Å². The fraction of sp³-hybridized carbons (Fsp3) is 0.125. The molecule has 0 bridgehead atoms. The maximum absolute atomic E-state index is 11.6. The van der Waals surface area contributed by atoms with Crippen LogP contribution in [0, 0.1) is 0 Å². The van der Waals surface area contributed by atoms with Gasteiger partial charge in [-0.1, -0.05) is 0 Å². The molecule has 5 N–H and O–H groups in total. The van der Waals surface area contributed by atoms with Gasteiger partial charge in [-0.05, 0) is 29.8 Å². The van der Waals surface area contributed by atoms with Crippen LogP contribution in [0.3, 0.4) is 0 Å². The number of aromatic nitrogens is 3. The third-order valence-electron chi connectivity index (χ3n) is 3.68. The summed E-state index contributed by atoms with van der Waals surface area (Å²) in [4.78, 5) is 31.8. The van der Waals surface area contributed by atoms with Gasteiger partial charge in [-0.25, -0.2) is 9.59 Å². The first-order chi connectivity index (χ1) is 11.1. The highest BCUT2D eigenvalue weighted by Gasteiger charge is 2.26. The van der Waals surface area contributed by atoms with E-state index in [-0.39, 0.29) is 11.3 Å². The van der Waals surface area contributed by atoms with Crippen molar-refractivity contribution in [3.63, 3.8) is 0 Å². The molecular weight excluding hydrogens is 298 g/mol. The molecule has 0 saturated carbocycles. The van der Waals surface area contributed by atoms with Crippen LogP contribution in [0.5, 0.6) is 0 Å². The Balaban J connectivity index is 2.10. The minimum absolute atomic E-state index is 0.186. The quantitative estimate of drug-likeness (QED) is 0.479. The molecule has 0 spiro atoms. The van der Waals surface area contributed by atoms with Gasteiger partial charge in [-0.3, -0.25) is 0 Å². The SMILES string of the molecule is O=C(O)c1[nH]c(Cc2ccc[nH]2)c(Cc2ccc[nH]2)c1C(=O)O. The summed E-state index contributed by atoms with van der Waals surface area (Å²) in [5.41, 5.74) is 2.27. The van der Waals surface area contributed by atoms with Crippen molar-refractivity contribution < 1.29 is 19.8 Å². The van der Waals surface area contributed by atoms with Gasteiger partial charge in [0.05, 0.1) is 5.56 Å². The normalized spacial score (nSPS) is 10.8. The first kappa shape index (κ1) is 14.7. The molecule has 0 aromatic carbocycles. The van der Waals surface area contributed by atoms with Crippen molar-refractivity contribution in [2.45, 2.75) is 12.8 Å². The summed E-state index contributed by atoms with van der Waals surface area (Å²) < 4.78 is 0. The fourth-order valence-electron chi connectivity index (χ4n) is 2.67. The Hall–Kier alpha value is -3.22. The number of carboxylic acid groups (broad SMARTS) is 2. The van der Waals surface area contributed by atoms with Crippen LogP contribution in [-0.4, -0.2) is 37.1 Å². The predicted octanol–water partition coefficient (Wildman–Crippen LogP) is 2.25. The molecule has 0 aliphatic rings. The number of hydrogen-bond acceptors (Lipinski definition) is 2. The monoisotopic (exact) mass is 313 g/mol. The molecule has 3 heterocycles. The second kappa shape index (κ2) is 5.88. The van der Waals surface area contributed by atoms with E-state index in [0.717, 1.165) is 11.4 Å². The summed E-state index contributed by atoms with van der Waals surface area (Å²) >= 11 is 0. The van der Waals surface area contributed by atoms with Gasteiger partial charge in [0.2, 0.25) is 0 Å². The predicted molar refractivity (Wildman–Crippen MR) is 81.9 cm³/mol. The van der Waals surface area contributed by atoms with E-state index in [2.05, 4.69) is 15.0 Å². The zero-order chi connectivity index (χ0) is 16.4. The molecule has 0 amide bonds. The van der Waals surface area contributed by atoms with E-state index >= 15 is 0 Å². The number of carbonyl (C=O) groups is 2. The molecule has 0 aliphatic heterocycles. The van der Waals surface area contributed by atoms with Gasteiger partial charge in [0.25, 0.3) is 0 Å². The van der Waals surface area contributed by atoms with Crippen molar-refractivity contribution in [2.24, 2.45) is 0 Å². The number of aromatic carboxylic acids is 2. The van der Waals surface area contributed by atoms with Crippen molar-refractivity contribution in [1.82, 2.24) is 15.0 Å². The summed E-state index contributed by atoms with van der Waals surface area (Å²) in [6.07, 6.45) is 4.22. The minimum Gasteiger partial charge on any atom is -0.478 e. The highest BCUT2D eigenvalue weighted by atomic mass is 16.4. The highest BCUT2D eigenvalue weighted by Crippen LogP contribution is 2.24. The molecule has 7 heteroatoms. The summed E-state index contributed by atoms with van der Waals surface area (Å²) in [5.74, 6) is -2.54. The largest absolute Gasteiger partial charge is 0.478 e. The molecule has 0 fully saturated rings. The topological polar surface area (TPSA) is 122 Å². The second-order valence-corrected chi connectivity index (χ2v) is 5.19. The third-order valence-corrected chi connectivity index (χ3v) is 3.68. The van der Waals surface area contributed by atoms with E-state index in [0.29, 0.717) is 24.1 Å². The van der Waals surface area contributed by atoms with Crippen LogP contribution < -0.4 is 0 Å². The number of aromatic amines is 3. The Labute approximate surface area is 131 Å². The number of carboxylic acids is 2. The van der Waals surface area contributed by atoms with E-state index in [1.807, 2.05) is 24.3 Å². The molecule has 0 atom stereocenters. The molecule has 3 aromatic rings. The van der Waals surface area contributed by atoms with Crippen LogP contribution in [0.4, 0.5) is 0 Å². The molecule has 0 saturated heterocycles. The van der Waals surface area contributed by atoms with Gasteiger partial charge in [0.15, 0.2) is 0 Å². The maximum Gasteiger partial charge on any atom is 0.353 e. The molecule has 0 radical (unpaired) electrons. The number of nitrogens with one attached hydrogen (secondary N) is 3. The average Bonchev–Trinajstić information content (AvgIpc) is 3.21. The van der Waals surface area contributed by atoms with Crippen molar-refractivity contribution in [1.29, 1.82) is 0 Å². The lowest BCUT2D eigenvalue weighted by Crippen LogP contribution is -2.08. The summed E-state index contributed by atoms with van der Waals surface area (Å²) in [7, 11) is 0.